The van der Waals surface area contributed by atoms with E-state index in [2.05, 4.69) is 5.32 Å². The van der Waals surface area contributed by atoms with Crippen LogP contribution >= 0.6 is 0 Å². The van der Waals surface area contributed by atoms with Gasteiger partial charge in [-0.05, 0) is 46.0 Å². The minimum absolute atomic E-state index is 0.153. The molecule has 1 rings (SSSR count). The Morgan fingerprint density at radius 1 is 1.44 bits per heavy atom. The Morgan fingerprint density at radius 3 is 2.69 bits per heavy atom. The average molecular weight is 229 g/mol. The minimum atomic E-state index is -0.449. The summed E-state index contributed by atoms with van der Waals surface area (Å²) in [4.78, 5) is 11.5. The van der Waals surface area contributed by atoms with Crippen LogP contribution in [0.1, 0.15) is 46.5 Å². The fourth-order valence-electron chi connectivity index (χ4n) is 2.06. The predicted octanol–water partition coefficient (Wildman–Crippen LogP) is 2.06. The topological polar surface area (TPSA) is 58.6 Å². The van der Waals surface area contributed by atoms with Crippen molar-refractivity contribution in [2.24, 2.45) is 5.92 Å². The van der Waals surface area contributed by atoms with Crippen molar-refractivity contribution >= 4 is 6.09 Å². The highest BCUT2D eigenvalue weighted by molar-refractivity contribution is 5.68. The van der Waals surface area contributed by atoms with Crippen LogP contribution in [0.3, 0.4) is 0 Å². The Labute approximate surface area is 97.4 Å². The molecule has 2 N–H and O–H groups in total. The highest BCUT2D eigenvalue weighted by Gasteiger charge is 2.24. The lowest BCUT2D eigenvalue weighted by Gasteiger charge is -2.29. The van der Waals surface area contributed by atoms with Crippen LogP contribution in [0, 0.1) is 5.92 Å². The molecule has 1 saturated carbocycles. The van der Waals surface area contributed by atoms with Crippen LogP contribution < -0.4 is 5.32 Å². The molecule has 1 fully saturated rings. The van der Waals surface area contributed by atoms with Crippen molar-refractivity contribution in [3.05, 3.63) is 0 Å². The molecule has 16 heavy (non-hydrogen) atoms. The van der Waals surface area contributed by atoms with Crippen molar-refractivity contribution in [3.63, 3.8) is 0 Å². The van der Waals surface area contributed by atoms with E-state index in [4.69, 9.17) is 9.84 Å². The van der Waals surface area contributed by atoms with Gasteiger partial charge in [0.05, 0.1) is 0 Å². The summed E-state index contributed by atoms with van der Waals surface area (Å²) < 4.78 is 5.20. The Kier molecular flexibility index (Phi) is 4.59. The molecule has 0 saturated heterocycles. The number of carbonyl (C=O) groups excluding carboxylic acids is 1. The zero-order valence-corrected chi connectivity index (χ0v) is 10.5. The first-order valence-corrected chi connectivity index (χ1v) is 6.01. The van der Waals surface area contributed by atoms with Crippen LogP contribution in [0.5, 0.6) is 0 Å². The van der Waals surface area contributed by atoms with Gasteiger partial charge in [0.2, 0.25) is 0 Å². The van der Waals surface area contributed by atoms with Crippen molar-refractivity contribution in [2.45, 2.75) is 58.1 Å². The molecule has 0 spiro atoms. The number of aliphatic hydroxyl groups excluding tert-OH is 1. The number of hydrogen-bond donors (Lipinski definition) is 2. The van der Waals surface area contributed by atoms with Crippen LogP contribution in [0.15, 0.2) is 0 Å². The van der Waals surface area contributed by atoms with Gasteiger partial charge in [-0.1, -0.05) is 6.42 Å². The van der Waals surface area contributed by atoms with Gasteiger partial charge in [-0.2, -0.15) is 0 Å². The van der Waals surface area contributed by atoms with E-state index in [1.165, 1.54) is 0 Å². The number of alkyl carbamates (subject to hydrolysis) is 1. The maximum atomic E-state index is 11.5. The number of nitrogens with one attached hydrogen (secondary N) is 1. The first kappa shape index (κ1) is 13.3. The second kappa shape index (κ2) is 5.53. The molecule has 94 valence electrons. The van der Waals surface area contributed by atoms with Gasteiger partial charge in [0, 0.05) is 12.6 Å². The molecule has 4 heteroatoms. The second-order valence-corrected chi connectivity index (χ2v) is 5.56. The van der Waals surface area contributed by atoms with E-state index < -0.39 is 5.60 Å². The van der Waals surface area contributed by atoms with E-state index in [-0.39, 0.29) is 18.7 Å². The highest BCUT2D eigenvalue weighted by Crippen LogP contribution is 2.23. The van der Waals surface area contributed by atoms with E-state index >= 15 is 0 Å². The zero-order valence-electron chi connectivity index (χ0n) is 10.5. The monoisotopic (exact) mass is 229 g/mol. The lowest BCUT2D eigenvalue weighted by atomic mass is 9.86. The molecule has 2 atom stereocenters. The smallest absolute Gasteiger partial charge is 0.407 e. The third kappa shape index (κ3) is 4.84. The van der Waals surface area contributed by atoms with Gasteiger partial charge in [0.1, 0.15) is 5.60 Å². The van der Waals surface area contributed by atoms with Crippen molar-refractivity contribution in [1.82, 2.24) is 5.32 Å². The van der Waals surface area contributed by atoms with Gasteiger partial charge in [-0.15, -0.1) is 0 Å². The van der Waals surface area contributed by atoms with Crippen LogP contribution in [0.4, 0.5) is 4.79 Å². The molecular formula is C12H23NO3. The first-order chi connectivity index (χ1) is 7.40. The van der Waals surface area contributed by atoms with Crippen LogP contribution in [0.25, 0.3) is 0 Å². The van der Waals surface area contributed by atoms with E-state index in [9.17, 15) is 4.79 Å². The lowest BCUT2D eigenvalue weighted by Crippen LogP contribution is -2.41. The summed E-state index contributed by atoms with van der Waals surface area (Å²) in [5, 5.41) is 12.0. The molecule has 0 aliphatic heterocycles. The lowest BCUT2D eigenvalue weighted by molar-refractivity contribution is 0.0475. The zero-order chi connectivity index (χ0) is 12.2. The Hall–Kier alpha value is -0.770. The van der Waals surface area contributed by atoms with E-state index in [1.54, 1.807) is 0 Å². The summed E-state index contributed by atoms with van der Waals surface area (Å²) >= 11 is 0. The summed E-state index contributed by atoms with van der Waals surface area (Å²) in [6.07, 6.45) is 3.61. The van der Waals surface area contributed by atoms with Gasteiger partial charge in [-0.3, -0.25) is 0 Å². The number of hydrogen-bond acceptors (Lipinski definition) is 3. The highest BCUT2D eigenvalue weighted by atomic mass is 16.6. The van der Waals surface area contributed by atoms with Crippen molar-refractivity contribution in [3.8, 4) is 0 Å². The summed E-state index contributed by atoms with van der Waals surface area (Å²) in [5.74, 6) is 0.327. The number of ether oxygens (including phenoxy) is 1. The van der Waals surface area contributed by atoms with E-state index in [1.807, 2.05) is 20.8 Å². The third-order valence-corrected chi connectivity index (χ3v) is 2.76. The number of amides is 1. The molecule has 0 radical (unpaired) electrons. The number of aliphatic hydroxyl groups is 1. The average Bonchev–Trinajstić information content (AvgIpc) is 2.15. The maximum absolute atomic E-state index is 11.5. The van der Waals surface area contributed by atoms with Crippen molar-refractivity contribution < 1.29 is 14.6 Å². The molecule has 0 aromatic heterocycles. The molecular weight excluding hydrogens is 206 g/mol. The van der Waals surface area contributed by atoms with Crippen LogP contribution in [-0.4, -0.2) is 29.4 Å². The van der Waals surface area contributed by atoms with Gasteiger partial charge < -0.3 is 15.2 Å². The number of carbonyl (C=O) groups is 1. The van der Waals surface area contributed by atoms with E-state index in [0.29, 0.717) is 5.92 Å². The van der Waals surface area contributed by atoms with E-state index in [0.717, 1.165) is 25.7 Å². The SMILES string of the molecule is CC(C)(C)OC(=O)NC1CCC[C@H](CO)C1. The molecule has 0 bridgehead atoms. The van der Waals surface area contributed by atoms with Gasteiger partial charge in [0.25, 0.3) is 0 Å². The summed E-state index contributed by atoms with van der Waals surface area (Å²) in [7, 11) is 0. The summed E-state index contributed by atoms with van der Waals surface area (Å²) in [6.45, 7) is 5.77. The molecule has 1 unspecified atom stereocenters. The molecule has 1 amide bonds. The third-order valence-electron chi connectivity index (χ3n) is 2.76. The molecule has 0 heterocycles. The first-order valence-electron chi connectivity index (χ1n) is 6.01. The van der Waals surface area contributed by atoms with Gasteiger partial charge >= 0.3 is 6.09 Å². The van der Waals surface area contributed by atoms with Crippen molar-refractivity contribution in [1.29, 1.82) is 0 Å². The summed E-state index contributed by atoms with van der Waals surface area (Å²) in [5.41, 5.74) is -0.449. The Bertz CT molecular complexity index is 235. The Morgan fingerprint density at radius 2 is 2.12 bits per heavy atom. The molecule has 4 nitrogen and oxygen atoms in total. The van der Waals surface area contributed by atoms with Crippen molar-refractivity contribution in [2.75, 3.05) is 6.61 Å². The largest absolute Gasteiger partial charge is 0.444 e. The summed E-state index contributed by atoms with van der Waals surface area (Å²) in [6, 6.07) is 0.153. The molecule has 0 aromatic rings. The fraction of sp³-hybridized carbons (Fsp3) is 0.917. The van der Waals surface area contributed by atoms with Gasteiger partial charge in [0.15, 0.2) is 0 Å². The Balaban J connectivity index is 2.33. The molecule has 1 aliphatic carbocycles. The fourth-order valence-corrected chi connectivity index (χ4v) is 2.06. The standard InChI is InChI=1S/C12H23NO3/c1-12(2,3)16-11(15)13-10-6-4-5-9(7-10)8-14/h9-10,14H,4-8H2,1-3H3,(H,13,15)/t9-,10?/m0/s1. The molecule has 1 aliphatic rings. The van der Waals surface area contributed by atoms with Gasteiger partial charge in [-0.25, -0.2) is 4.79 Å². The molecule has 0 aromatic carbocycles. The predicted molar refractivity (Wildman–Crippen MR) is 62.2 cm³/mol. The quantitative estimate of drug-likeness (QED) is 0.762. The number of rotatable bonds is 2. The second-order valence-electron chi connectivity index (χ2n) is 5.56. The normalized spacial score (nSPS) is 26.2. The van der Waals surface area contributed by atoms with Crippen LogP contribution in [0.2, 0.25) is 0 Å². The maximum Gasteiger partial charge on any atom is 0.407 e. The van der Waals surface area contributed by atoms with Crippen LogP contribution in [-0.2, 0) is 4.74 Å². The minimum Gasteiger partial charge on any atom is -0.444 e.